The number of likely N-dealkylation sites (tertiary alicyclic amines) is 1. The Hall–Kier alpha value is -2.17. The molecule has 3 rings (SSSR count). The summed E-state index contributed by atoms with van der Waals surface area (Å²) in [6, 6.07) is 20.9. The van der Waals surface area contributed by atoms with E-state index in [1.165, 1.54) is 11.1 Å². The quantitative estimate of drug-likeness (QED) is 0.850. The van der Waals surface area contributed by atoms with E-state index >= 15 is 0 Å². The van der Waals surface area contributed by atoms with Crippen molar-refractivity contribution in [1.82, 2.24) is 9.80 Å². The van der Waals surface area contributed by atoms with Crippen LogP contribution in [0.5, 0.6) is 0 Å². The number of rotatable bonds is 7. The summed E-state index contributed by atoms with van der Waals surface area (Å²) in [4.78, 5) is 15.8. The Bertz CT molecular complexity index is 645. The van der Waals surface area contributed by atoms with Crippen LogP contribution in [-0.2, 0) is 17.9 Å². The molecule has 1 heterocycles. The number of nitrogens with zero attached hydrogens (tertiary/aromatic N) is 2. The Balaban J connectivity index is 1.62. The Labute approximate surface area is 143 Å². The van der Waals surface area contributed by atoms with Crippen LogP contribution >= 0.6 is 0 Å². The molecule has 1 atom stereocenters. The van der Waals surface area contributed by atoms with Gasteiger partial charge < -0.3 is 5.11 Å². The minimum Gasteiger partial charge on any atom is -0.480 e. The molecule has 1 N–H and O–H groups in total. The van der Waals surface area contributed by atoms with Crippen LogP contribution in [-0.4, -0.2) is 46.6 Å². The second-order valence-corrected chi connectivity index (χ2v) is 6.45. The van der Waals surface area contributed by atoms with Crippen LogP contribution < -0.4 is 0 Å². The lowest BCUT2D eigenvalue weighted by molar-refractivity contribution is -0.139. The molecular weight excluding hydrogens is 300 g/mol. The van der Waals surface area contributed by atoms with E-state index in [2.05, 4.69) is 46.2 Å². The Morgan fingerprint density at radius 1 is 1.04 bits per heavy atom. The van der Waals surface area contributed by atoms with E-state index in [1.54, 1.807) is 0 Å². The van der Waals surface area contributed by atoms with Crippen molar-refractivity contribution < 1.29 is 9.90 Å². The maximum absolute atomic E-state index is 11.3. The van der Waals surface area contributed by atoms with Crippen LogP contribution in [0, 0.1) is 0 Å². The molecule has 2 aromatic carbocycles. The largest absolute Gasteiger partial charge is 0.480 e. The lowest BCUT2D eigenvalue weighted by Gasteiger charge is -2.27. The molecule has 0 radical (unpaired) electrons. The fourth-order valence-corrected chi connectivity index (χ4v) is 3.40. The second-order valence-electron chi connectivity index (χ2n) is 6.45. The van der Waals surface area contributed by atoms with Crippen molar-refractivity contribution in [1.29, 1.82) is 0 Å². The van der Waals surface area contributed by atoms with E-state index in [0.717, 1.165) is 26.1 Å². The third-order valence-electron chi connectivity index (χ3n) is 4.58. The van der Waals surface area contributed by atoms with Crippen LogP contribution in [0.15, 0.2) is 60.7 Å². The zero-order valence-electron chi connectivity index (χ0n) is 13.8. The van der Waals surface area contributed by atoms with Crippen molar-refractivity contribution >= 4 is 5.97 Å². The van der Waals surface area contributed by atoms with Crippen molar-refractivity contribution in [2.75, 3.05) is 19.6 Å². The molecule has 0 spiro atoms. The first-order valence-corrected chi connectivity index (χ1v) is 8.47. The Morgan fingerprint density at radius 3 is 2.29 bits per heavy atom. The van der Waals surface area contributed by atoms with Gasteiger partial charge in [0.1, 0.15) is 0 Å². The standard InChI is InChI=1S/C20H24N2O2/c23-20(24)16-22(14-18-9-5-2-6-10-18)19-11-12-21(15-19)13-17-7-3-1-4-8-17/h1-10,19H,11-16H2,(H,23,24). The molecule has 0 aromatic heterocycles. The van der Waals surface area contributed by atoms with Gasteiger partial charge >= 0.3 is 5.97 Å². The molecule has 0 saturated carbocycles. The van der Waals surface area contributed by atoms with Crippen LogP contribution in [0.3, 0.4) is 0 Å². The number of carbonyl (C=O) groups is 1. The lowest BCUT2D eigenvalue weighted by Crippen LogP contribution is -2.40. The van der Waals surface area contributed by atoms with Crippen molar-refractivity contribution in [3.63, 3.8) is 0 Å². The predicted octanol–water partition coefficient (Wildman–Crippen LogP) is 2.85. The Kier molecular flexibility index (Phi) is 5.62. The van der Waals surface area contributed by atoms with Gasteiger partial charge in [0.15, 0.2) is 0 Å². The molecule has 1 fully saturated rings. The number of aliphatic carboxylic acids is 1. The topological polar surface area (TPSA) is 43.8 Å². The van der Waals surface area contributed by atoms with Crippen LogP contribution in [0.2, 0.25) is 0 Å². The number of benzene rings is 2. The Morgan fingerprint density at radius 2 is 1.67 bits per heavy atom. The summed E-state index contributed by atoms with van der Waals surface area (Å²) in [6.07, 6.45) is 1.02. The second kappa shape index (κ2) is 8.08. The lowest BCUT2D eigenvalue weighted by atomic mass is 10.1. The minimum atomic E-state index is -0.757. The molecule has 0 bridgehead atoms. The smallest absolute Gasteiger partial charge is 0.317 e. The van der Waals surface area contributed by atoms with Gasteiger partial charge in [-0.05, 0) is 17.5 Å². The maximum Gasteiger partial charge on any atom is 0.317 e. The molecule has 24 heavy (non-hydrogen) atoms. The molecule has 1 aliphatic heterocycles. The highest BCUT2D eigenvalue weighted by Crippen LogP contribution is 2.20. The summed E-state index contributed by atoms with van der Waals surface area (Å²) in [5, 5.41) is 9.27. The van der Waals surface area contributed by atoms with E-state index in [-0.39, 0.29) is 6.54 Å². The van der Waals surface area contributed by atoms with E-state index in [9.17, 15) is 9.90 Å². The van der Waals surface area contributed by atoms with Gasteiger partial charge in [0.25, 0.3) is 0 Å². The molecule has 2 aromatic rings. The highest BCUT2D eigenvalue weighted by atomic mass is 16.4. The SMILES string of the molecule is O=C(O)CN(Cc1ccccc1)C1CCN(Cc2ccccc2)C1. The zero-order chi connectivity index (χ0) is 16.8. The third-order valence-corrected chi connectivity index (χ3v) is 4.58. The van der Waals surface area contributed by atoms with Gasteiger partial charge in [-0.25, -0.2) is 0 Å². The summed E-state index contributed by atoms with van der Waals surface area (Å²) < 4.78 is 0. The molecule has 1 saturated heterocycles. The van der Waals surface area contributed by atoms with Crippen LogP contribution in [0.25, 0.3) is 0 Å². The van der Waals surface area contributed by atoms with Gasteiger partial charge in [-0.1, -0.05) is 60.7 Å². The average Bonchev–Trinajstić information content (AvgIpc) is 3.04. The van der Waals surface area contributed by atoms with Gasteiger partial charge in [-0.3, -0.25) is 14.6 Å². The first-order chi connectivity index (χ1) is 11.7. The van der Waals surface area contributed by atoms with Crippen molar-refractivity contribution in [3.05, 3.63) is 71.8 Å². The molecule has 1 unspecified atom stereocenters. The van der Waals surface area contributed by atoms with Crippen LogP contribution in [0.4, 0.5) is 0 Å². The first-order valence-electron chi connectivity index (χ1n) is 8.47. The molecular formula is C20H24N2O2. The fourth-order valence-electron chi connectivity index (χ4n) is 3.40. The molecule has 4 heteroatoms. The first kappa shape index (κ1) is 16.7. The highest BCUT2D eigenvalue weighted by molar-refractivity contribution is 5.69. The molecule has 0 amide bonds. The number of carboxylic acids is 1. The monoisotopic (exact) mass is 324 g/mol. The fraction of sp³-hybridized carbons (Fsp3) is 0.350. The minimum absolute atomic E-state index is 0.0960. The van der Waals surface area contributed by atoms with Gasteiger partial charge in [-0.2, -0.15) is 0 Å². The van der Waals surface area contributed by atoms with Crippen LogP contribution in [0.1, 0.15) is 17.5 Å². The molecule has 1 aliphatic rings. The van der Waals surface area contributed by atoms with Gasteiger partial charge in [0.2, 0.25) is 0 Å². The molecule has 126 valence electrons. The van der Waals surface area contributed by atoms with E-state index in [0.29, 0.717) is 12.6 Å². The third kappa shape index (κ3) is 4.66. The van der Waals surface area contributed by atoms with Gasteiger partial charge in [-0.15, -0.1) is 0 Å². The number of carboxylic acid groups (broad SMARTS) is 1. The van der Waals surface area contributed by atoms with E-state index in [1.807, 2.05) is 24.3 Å². The van der Waals surface area contributed by atoms with E-state index in [4.69, 9.17) is 0 Å². The molecule has 4 nitrogen and oxygen atoms in total. The summed E-state index contributed by atoms with van der Waals surface area (Å²) in [5.74, 6) is -0.757. The molecule has 0 aliphatic carbocycles. The summed E-state index contributed by atoms with van der Waals surface area (Å²) >= 11 is 0. The van der Waals surface area contributed by atoms with E-state index < -0.39 is 5.97 Å². The van der Waals surface area contributed by atoms with Gasteiger partial charge in [0.05, 0.1) is 6.54 Å². The predicted molar refractivity (Wildman–Crippen MR) is 94.6 cm³/mol. The summed E-state index contributed by atoms with van der Waals surface area (Å²) in [6.45, 7) is 3.67. The number of hydrogen-bond acceptors (Lipinski definition) is 3. The van der Waals surface area contributed by atoms with Crippen molar-refractivity contribution in [2.24, 2.45) is 0 Å². The van der Waals surface area contributed by atoms with Gasteiger partial charge in [0, 0.05) is 32.2 Å². The zero-order valence-corrected chi connectivity index (χ0v) is 13.8. The highest BCUT2D eigenvalue weighted by Gasteiger charge is 2.28. The van der Waals surface area contributed by atoms with Crippen molar-refractivity contribution in [2.45, 2.75) is 25.6 Å². The number of hydrogen-bond donors (Lipinski definition) is 1. The average molecular weight is 324 g/mol. The summed E-state index contributed by atoms with van der Waals surface area (Å²) in [5.41, 5.74) is 2.48. The maximum atomic E-state index is 11.3. The van der Waals surface area contributed by atoms with Crippen molar-refractivity contribution in [3.8, 4) is 0 Å². The summed E-state index contributed by atoms with van der Waals surface area (Å²) in [7, 11) is 0. The normalized spacial score (nSPS) is 18.1.